The molecule has 2 N–H and O–H groups in total. The summed E-state index contributed by atoms with van der Waals surface area (Å²) < 4.78 is 22.5. The molecule has 4 nitrogen and oxygen atoms in total. The highest BCUT2D eigenvalue weighted by Gasteiger charge is 2.11. The van der Waals surface area contributed by atoms with Crippen LogP contribution in [-0.4, -0.2) is 50.5 Å². The molecule has 0 saturated carbocycles. The van der Waals surface area contributed by atoms with Crippen LogP contribution in [0.25, 0.3) is 0 Å². The zero-order valence-electron chi connectivity index (χ0n) is 10.1. The van der Waals surface area contributed by atoms with Crippen LogP contribution in [0.15, 0.2) is 0 Å². The molecule has 0 aliphatic heterocycles. The van der Waals surface area contributed by atoms with Crippen LogP contribution in [0, 0.1) is 0 Å². The summed E-state index contributed by atoms with van der Waals surface area (Å²) in [6, 6.07) is 0.429. The van der Waals surface area contributed by atoms with Crippen molar-refractivity contribution in [2.75, 3.05) is 31.1 Å². The van der Waals surface area contributed by atoms with Crippen molar-refractivity contribution in [2.45, 2.75) is 33.2 Å². The van der Waals surface area contributed by atoms with E-state index in [0.29, 0.717) is 19.0 Å². The van der Waals surface area contributed by atoms with Crippen molar-refractivity contribution < 1.29 is 8.42 Å². The largest absolute Gasteiger partial charge is 0.329 e. The van der Waals surface area contributed by atoms with Gasteiger partial charge in [0.2, 0.25) is 0 Å². The topological polar surface area (TPSA) is 63.4 Å². The smallest absolute Gasteiger partial charge is 0.150 e. The molecule has 0 heterocycles. The molecule has 0 saturated heterocycles. The van der Waals surface area contributed by atoms with Crippen molar-refractivity contribution in [3.63, 3.8) is 0 Å². The van der Waals surface area contributed by atoms with Crippen molar-refractivity contribution in [3.8, 4) is 0 Å². The Balaban J connectivity index is 3.91. The Bertz CT molecular complexity index is 250. The first-order chi connectivity index (χ1) is 6.93. The molecule has 15 heavy (non-hydrogen) atoms. The highest BCUT2D eigenvalue weighted by Crippen LogP contribution is 2.01. The molecule has 0 unspecified atom stereocenters. The number of rotatable bonds is 8. The van der Waals surface area contributed by atoms with E-state index in [9.17, 15) is 8.42 Å². The van der Waals surface area contributed by atoms with Crippen LogP contribution in [0.4, 0.5) is 0 Å². The lowest BCUT2D eigenvalue weighted by molar-refractivity contribution is 0.229. The zero-order chi connectivity index (χ0) is 11.9. The summed E-state index contributed by atoms with van der Waals surface area (Å²) in [6.07, 6.45) is 0.703. The molecule has 0 radical (unpaired) electrons. The van der Waals surface area contributed by atoms with Crippen LogP contribution in [0.1, 0.15) is 27.2 Å². The van der Waals surface area contributed by atoms with Gasteiger partial charge in [0.15, 0.2) is 0 Å². The van der Waals surface area contributed by atoms with Crippen LogP contribution in [0.3, 0.4) is 0 Å². The lowest BCUT2D eigenvalue weighted by Gasteiger charge is -2.25. The van der Waals surface area contributed by atoms with Gasteiger partial charge in [-0.3, -0.25) is 4.90 Å². The van der Waals surface area contributed by atoms with Gasteiger partial charge in [-0.2, -0.15) is 0 Å². The molecule has 0 aliphatic rings. The standard InChI is InChI=1S/C10H24N2O2S/c1-4-15(13,14)9-5-7-12(8-6-11)10(2)3/h10H,4-9,11H2,1-3H3. The minimum Gasteiger partial charge on any atom is -0.329 e. The normalized spacial score (nSPS) is 12.7. The van der Waals surface area contributed by atoms with E-state index in [2.05, 4.69) is 18.7 Å². The average molecular weight is 236 g/mol. The molecular weight excluding hydrogens is 212 g/mol. The second-order valence-corrected chi connectivity index (χ2v) is 6.48. The van der Waals surface area contributed by atoms with Crippen LogP contribution < -0.4 is 5.73 Å². The summed E-state index contributed by atoms with van der Waals surface area (Å²) in [4.78, 5) is 2.21. The first-order valence-electron chi connectivity index (χ1n) is 5.57. The maximum Gasteiger partial charge on any atom is 0.150 e. The van der Waals surface area contributed by atoms with Gasteiger partial charge in [-0.1, -0.05) is 6.92 Å². The molecule has 0 aromatic rings. The Kier molecular flexibility index (Phi) is 7.13. The van der Waals surface area contributed by atoms with Gasteiger partial charge in [0.05, 0.1) is 5.75 Å². The van der Waals surface area contributed by atoms with E-state index >= 15 is 0 Å². The SMILES string of the molecule is CCS(=O)(=O)CCCN(CCN)C(C)C. The predicted octanol–water partition coefficient (Wildman–Crippen LogP) is 0.480. The third-order valence-electron chi connectivity index (χ3n) is 2.49. The molecular formula is C10H24N2O2S. The van der Waals surface area contributed by atoms with Crippen molar-refractivity contribution in [2.24, 2.45) is 5.73 Å². The summed E-state index contributed by atoms with van der Waals surface area (Å²) in [7, 11) is -2.81. The third-order valence-corrected chi connectivity index (χ3v) is 4.28. The minimum absolute atomic E-state index is 0.242. The van der Waals surface area contributed by atoms with Gasteiger partial charge in [-0.15, -0.1) is 0 Å². The summed E-state index contributed by atoms with van der Waals surface area (Å²) >= 11 is 0. The molecule has 0 aliphatic carbocycles. The van der Waals surface area contributed by atoms with Crippen molar-refractivity contribution in [3.05, 3.63) is 0 Å². The highest BCUT2D eigenvalue weighted by molar-refractivity contribution is 7.91. The van der Waals surface area contributed by atoms with Gasteiger partial charge in [0.25, 0.3) is 0 Å². The van der Waals surface area contributed by atoms with Crippen molar-refractivity contribution in [1.29, 1.82) is 0 Å². The van der Waals surface area contributed by atoms with E-state index in [1.54, 1.807) is 6.92 Å². The molecule has 0 bridgehead atoms. The van der Waals surface area contributed by atoms with Crippen LogP contribution in [0.2, 0.25) is 0 Å². The fraction of sp³-hybridized carbons (Fsp3) is 1.00. The van der Waals surface area contributed by atoms with Crippen LogP contribution in [0.5, 0.6) is 0 Å². The fourth-order valence-electron chi connectivity index (χ4n) is 1.43. The van der Waals surface area contributed by atoms with E-state index in [-0.39, 0.29) is 11.5 Å². The third kappa shape index (κ3) is 6.87. The van der Waals surface area contributed by atoms with Crippen molar-refractivity contribution in [1.82, 2.24) is 4.90 Å². The molecule has 92 valence electrons. The lowest BCUT2D eigenvalue weighted by atomic mass is 10.3. The van der Waals surface area contributed by atoms with Crippen LogP contribution >= 0.6 is 0 Å². The Hall–Kier alpha value is -0.130. The summed E-state index contributed by atoms with van der Waals surface area (Å²) in [5, 5.41) is 0. The molecule has 5 heteroatoms. The molecule has 0 atom stereocenters. The van der Waals surface area contributed by atoms with Crippen LogP contribution in [-0.2, 0) is 9.84 Å². The molecule has 0 spiro atoms. The number of nitrogens with two attached hydrogens (primary N) is 1. The number of hydrogen-bond donors (Lipinski definition) is 1. The molecule has 0 amide bonds. The fourth-order valence-corrected chi connectivity index (χ4v) is 2.28. The quantitative estimate of drug-likeness (QED) is 0.666. The molecule has 0 aromatic carbocycles. The molecule has 0 fully saturated rings. The van der Waals surface area contributed by atoms with E-state index in [4.69, 9.17) is 5.73 Å². The summed E-state index contributed by atoms with van der Waals surface area (Å²) in [5.74, 6) is 0.531. The second kappa shape index (κ2) is 7.19. The maximum atomic E-state index is 11.3. The van der Waals surface area contributed by atoms with Gasteiger partial charge in [0.1, 0.15) is 9.84 Å². The minimum atomic E-state index is -2.81. The van der Waals surface area contributed by atoms with Gasteiger partial charge in [0, 0.05) is 24.9 Å². The van der Waals surface area contributed by atoms with Gasteiger partial charge >= 0.3 is 0 Å². The monoisotopic (exact) mass is 236 g/mol. The van der Waals surface area contributed by atoms with E-state index in [1.807, 2.05) is 0 Å². The van der Waals surface area contributed by atoms with Gasteiger partial charge in [-0.05, 0) is 26.8 Å². The van der Waals surface area contributed by atoms with Crippen molar-refractivity contribution >= 4 is 9.84 Å². The van der Waals surface area contributed by atoms with Gasteiger partial charge in [-0.25, -0.2) is 8.42 Å². The summed E-state index contributed by atoms with van der Waals surface area (Å²) in [5.41, 5.74) is 5.49. The highest BCUT2D eigenvalue weighted by atomic mass is 32.2. The Morgan fingerprint density at radius 2 is 1.87 bits per heavy atom. The average Bonchev–Trinajstić information content (AvgIpc) is 2.16. The number of nitrogens with zero attached hydrogens (tertiary/aromatic N) is 1. The Morgan fingerprint density at radius 1 is 1.27 bits per heavy atom. The number of sulfone groups is 1. The second-order valence-electron chi connectivity index (χ2n) is 4.01. The molecule has 0 aromatic heterocycles. The maximum absolute atomic E-state index is 11.3. The predicted molar refractivity (Wildman–Crippen MR) is 64.7 cm³/mol. The summed E-state index contributed by atoms with van der Waals surface area (Å²) in [6.45, 7) is 8.17. The van der Waals surface area contributed by atoms with Gasteiger partial charge < -0.3 is 5.73 Å². The first-order valence-corrected chi connectivity index (χ1v) is 7.39. The van der Waals surface area contributed by atoms with E-state index in [0.717, 1.165) is 13.1 Å². The Labute approximate surface area is 93.7 Å². The first kappa shape index (κ1) is 14.9. The molecule has 0 rings (SSSR count). The number of hydrogen-bond acceptors (Lipinski definition) is 4. The lowest BCUT2D eigenvalue weighted by Crippen LogP contribution is -2.36. The zero-order valence-corrected chi connectivity index (χ0v) is 10.9. The van der Waals surface area contributed by atoms with E-state index in [1.165, 1.54) is 0 Å². The van der Waals surface area contributed by atoms with E-state index < -0.39 is 9.84 Å². The Morgan fingerprint density at radius 3 is 2.27 bits per heavy atom.